The first-order valence-electron chi connectivity index (χ1n) is 16.9. The molecule has 7 aromatic carbocycles. The molecule has 0 saturated heterocycles. The monoisotopic (exact) mass is 633 g/mol. The van der Waals surface area contributed by atoms with Gasteiger partial charge < -0.3 is 4.90 Å². The number of hydrogen-bond acceptors (Lipinski definition) is 2. The van der Waals surface area contributed by atoms with Crippen molar-refractivity contribution in [2.45, 2.75) is 38.5 Å². The lowest BCUT2D eigenvalue weighted by Crippen LogP contribution is -2.16. The molecule has 1 heterocycles. The van der Waals surface area contributed by atoms with Gasteiger partial charge in [-0.25, -0.2) is 0 Å². The van der Waals surface area contributed by atoms with Gasteiger partial charge in [0.25, 0.3) is 0 Å². The van der Waals surface area contributed by atoms with Gasteiger partial charge in [0.15, 0.2) is 0 Å². The SMILES string of the molecule is CC1(C)c2ccccc2-c2cc(N(c3ccc4c(c3)-c3ccccc3C4(C)C)c3ccc4c(c3)sc3cc5ccccc5cc34)ccc21. The zero-order chi connectivity index (χ0) is 32.4. The minimum Gasteiger partial charge on any atom is -0.310 e. The van der Waals surface area contributed by atoms with Gasteiger partial charge >= 0.3 is 0 Å². The molecule has 0 radical (unpaired) electrons. The molecule has 0 aliphatic heterocycles. The van der Waals surface area contributed by atoms with E-state index in [1.54, 1.807) is 0 Å². The van der Waals surface area contributed by atoms with Crippen LogP contribution in [0.2, 0.25) is 0 Å². The Balaban J connectivity index is 1.20. The van der Waals surface area contributed by atoms with Crippen LogP contribution in [0.3, 0.4) is 0 Å². The Morgan fingerprint density at radius 3 is 1.46 bits per heavy atom. The van der Waals surface area contributed by atoms with Crippen LogP contribution in [0.4, 0.5) is 17.1 Å². The summed E-state index contributed by atoms with van der Waals surface area (Å²) in [6, 6.07) is 52.6. The van der Waals surface area contributed by atoms with E-state index in [2.05, 4.69) is 172 Å². The maximum atomic E-state index is 2.47. The molecule has 48 heavy (non-hydrogen) atoms. The van der Waals surface area contributed by atoms with Crippen LogP contribution in [0.25, 0.3) is 53.2 Å². The normalized spacial score (nSPS) is 15.0. The van der Waals surface area contributed by atoms with Gasteiger partial charge in [-0.3, -0.25) is 0 Å². The predicted octanol–water partition coefficient (Wildman–Crippen LogP) is 13.3. The minimum atomic E-state index is -0.0301. The summed E-state index contributed by atoms with van der Waals surface area (Å²) in [5.74, 6) is 0. The number of nitrogens with zero attached hydrogens (tertiary/aromatic N) is 1. The highest BCUT2D eigenvalue weighted by Crippen LogP contribution is 2.53. The fourth-order valence-electron chi connectivity index (χ4n) is 8.73. The van der Waals surface area contributed by atoms with Crippen molar-refractivity contribution in [2.24, 2.45) is 0 Å². The Morgan fingerprint density at radius 1 is 0.396 bits per heavy atom. The van der Waals surface area contributed by atoms with Gasteiger partial charge in [-0.15, -0.1) is 11.3 Å². The van der Waals surface area contributed by atoms with Crippen molar-refractivity contribution >= 4 is 59.3 Å². The lowest BCUT2D eigenvalue weighted by molar-refractivity contribution is 0.660. The Hall–Kier alpha value is -5.18. The molecule has 0 saturated carbocycles. The third-order valence-electron chi connectivity index (χ3n) is 11.2. The smallest absolute Gasteiger partial charge is 0.0476 e. The van der Waals surface area contributed by atoms with Crippen molar-refractivity contribution < 1.29 is 0 Å². The highest BCUT2D eigenvalue weighted by molar-refractivity contribution is 7.25. The molecule has 0 unspecified atom stereocenters. The number of benzene rings is 7. The van der Waals surface area contributed by atoms with Crippen LogP contribution in [0.15, 0.2) is 140 Å². The van der Waals surface area contributed by atoms with E-state index in [-0.39, 0.29) is 10.8 Å². The lowest BCUT2D eigenvalue weighted by atomic mass is 9.82. The first kappa shape index (κ1) is 27.9. The van der Waals surface area contributed by atoms with Crippen molar-refractivity contribution in [3.05, 3.63) is 162 Å². The average molecular weight is 634 g/mol. The maximum absolute atomic E-state index is 2.47. The predicted molar refractivity (Wildman–Crippen MR) is 207 cm³/mol. The second-order valence-corrected chi connectivity index (χ2v) is 15.7. The van der Waals surface area contributed by atoms with Gasteiger partial charge in [0.2, 0.25) is 0 Å². The van der Waals surface area contributed by atoms with E-state index in [0.29, 0.717) is 0 Å². The van der Waals surface area contributed by atoms with Gasteiger partial charge in [0, 0.05) is 48.1 Å². The van der Waals surface area contributed by atoms with E-state index < -0.39 is 0 Å². The molecule has 2 aliphatic carbocycles. The minimum absolute atomic E-state index is 0.0301. The molecule has 2 aliphatic rings. The van der Waals surface area contributed by atoms with Crippen LogP contribution in [-0.4, -0.2) is 0 Å². The summed E-state index contributed by atoms with van der Waals surface area (Å²) in [5.41, 5.74) is 14.4. The highest BCUT2D eigenvalue weighted by Gasteiger charge is 2.37. The van der Waals surface area contributed by atoms with E-state index in [0.717, 1.165) is 0 Å². The number of anilines is 3. The summed E-state index contributed by atoms with van der Waals surface area (Å²) in [5, 5.41) is 5.23. The third-order valence-corrected chi connectivity index (χ3v) is 12.3. The van der Waals surface area contributed by atoms with Gasteiger partial charge in [0.1, 0.15) is 0 Å². The van der Waals surface area contributed by atoms with Crippen LogP contribution < -0.4 is 4.90 Å². The third kappa shape index (κ3) is 3.78. The Kier molecular flexibility index (Phi) is 5.63. The topological polar surface area (TPSA) is 3.24 Å². The van der Waals surface area contributed by atoms with Gasteiger partial charge in [-0.1, -0.05) is 119 Å². The second-order valence-electron chi connectivity index (χ2n) is 14.6. The van der Waals surface area contributed by atoms with Crippen LogP contribution >= 0.6 is 11.3 Å². The van der Waals surface area contributed by atoms with Crippen LogP contribution in [0.5, 0.6) is 0 Å². The summed E-state index contributed by atoms with van der Waals surface area (Å²) >= 11 is 1.89. The van der Waals surface area contributed by atoms with Crippen molar-refractivity contribution in [1.82, 2.24) is 0 Å². The highest BCUT2D eigenvalue weighted by atomic mass is 32.1. The molecule has 0 amide bonds. The van der Waals surface area contributed by atoms with Gasteiger partial charge in [-0.2, -0.15) is 0 Å². The summed E-state index contributed by atoms with van der Waals surface area (Å²) in [6.07, 6.45) is 0. The molecular formula is C46H35NS. The fraction of sp³-hybridized carbons (Fsp3) is 0.130. The summed E-state index contributed by atoms with van der Waals surface area (Å²) < 4.78 is 2.64. The molecule has 0 fully saturated rings. The molecule has 0 bridgehead atoms. The molecule has 230 valence electrons. The van der Waals surface area contributed by atoms with E-state index >= 15 is 0 Å². The largest absolute Gasteiger partial charge is 0.310 e. The quantitative estimate of drug-likeness (QED) is 0.187. The number of thiophene rings is 1. The molecule has 8 aromatic rings. The number of fused-ring (bicyclic) bond motifs is 10. The van der Waals surface area contributed by atoms with Gasteiger partial charge in [0.05, 0.1) is 0 Å². The zero-order valence-corrected chi connectivity index (χ0v) is 28.5. The van der Waals surface area contributed by atoms with Crippen LogP contribution in [0, 0.1) is 0 Å². The first-order valence-corrected chi connectivity index (χ1v) is 17.7. The number of hydrogen-bond donors (Lipinski definition) is 0. The van der Waals surface area contributed by atoms with Crippen molar-refractivity contribution in [1.29, 1.82) is 0 Å². The van der Waals surface area contributed by atoms with E-state index in [4.69, 9.17) is 0 Å². The maximum Gasteiger partial charge on any atom is 0.0476 e. The van der Waals surface area contributed by atoms with Gasteiger partial charge in [-0.05, 0) is 104 Å². The van der Waals surface area contributed by atoms with Crippen molar-refractivity contribution in [2.75, 3.05) is 4.90 Å². The molecule has 0 atom stereocenters. The molecule has 0 N–H and O–H groups in total. The molecule has 2 heteroatoms. The standard InChI is InChI=1S/C46H35NS/c1-45(2)39-15-9-7-13-33(39)36-25-30(18-21-41(36)45)47(31-19-22-42-37(26-31)34-14-8-10-16-40(34)46(42,3)4)32-17-20-35-38-23-28-11-5-6-12-29(28)24-43(38)48-44(35)27-32/h5-27H,1-4H3. The molecule has 0 spiro atoms. The first-order chi connectivity index (χ1) is 23.3. The van der Waals surface area contributed by atoms with Crippen molar-refractivity contribution in [3.8, 4) is 22.3 Å². The Morgan fingerprint density at radius 2 is 0.854 bits per heavy atom. The summed E-state index contributed by atoms with van der Waals surface area (Å²) in [7, 11) is 0. The average Bonchev–Trinajstić information content (AvgIpc) is 3.66. The van der Waals surface area contributed by atoms with Crippen LogP contribution in [0.1, 0.15) is 49.9 Å². The van der Waals surface area contributed by atoms with E-state index in [1.807, 2.05) is 11.3 Å². The van der Waals surface area contributed by atoms with Crippen LogP contribution in [-0.2, 0) is 10.8 Å². The molecule has 10 rings (SSSR count). The zero-order valence-electron chi connectivity index (χ0n) is 27.6. The Bertz CT molecular complexity index is 2530. The van der Waals surface area contributed by atoms with E-state index in [1.165, 1.54) is 92.5 Å². The molecule has 1 aromatic heterocycles. The summed E-state index contributed by atoms with van der Waals surface area (Å²) in [6.45, 7) is 9.42. The summed E-state index contributed by atoms with van der Waals surface area (Å²) in [4.78, 5) is 2.47. The number of rotatable bonds is 3. The fourth-order valence-corrected chi connectivity index (χ4v) is 9.90. The lowest BCUT2D eigenvalue weighted by Gasteiger charge is -2.28. The van der Waals surface area contributed by atoms with Crippen molar-refractivity contribution in [3.63, 3.8) is 0 Å². The Labute approximate surface area is 285 Å². The second kappa shape index (κ2) is 9.69. The van der Waals surface area contributed by atoms with E-state index in [9.17, 15) is 0 Å². The molecule has 1 nitrogen and oxygen atoms in total. The molecular weight excluding hydrogens is 599 g/mol.